The number of halogens is 1. The molecule has 0 aliphatic rings. The first-order chi connectivity index (χ1) is 12.2. The van der Waals surface area contributed by atoms with E-state index in [1.807, 2.05) is 54.6 Å². The van der Waals surface area contributed by atoms with Crippen molar-refractivity contribution in [2.75, 3.05) is 6.61 Å². The summed E-state index contributed by atoms with van der Waals surface area (Å²) in [5, 5.41) is 0. The maximum atomic E-state index is 11.8. The van der Waals surface area contributed by atoms with E-state index in [0.717, 1.165) is 21.2 Å². The van der Waals surface area contributed by atoms with Crippen molar-refractivity contribution in [3.05, 3.63) is 88.9 Å². The number of esters is 1. The van der Waals surface area contributed by atoms with Crippen molar-refractivity contribution >= 4 is 21.9 Å². The summed E-state index contributed by atoms with van der Waals surface area (Å²) in [5.74, 6) is 0.227. The standard InChI is InChI=1S/C21H17BrO3/c22-19-7-4-8-20(13-19)24-15-21(23)25-14-16-9-11-18(12-10-16)17-5-2-1-3-6-17/h1-13H,14-15H2. The molecular formula is C21H17BrO3. The third kappa shape index (κ3) is 5.19. The molecule has 0 radical (unpaired) electrons. The largest absolute Gasteiger partial charge is 0.482 e. The molecule has 0 amide bonds. The van der Waals surface area contributed by atoms with Gasteiger partial charge in [-0.3, -0.25) is 0 Å². The van der Waals surface area contributed by atoms with Gasteiger partial charge in [0.2, 0.25) is 0 Å². The fourth-order valence-electron chi connectivity index (χ4n) is 2.33. The van der Waals surface area contributed by atoms with E-state index >= 15 is 0 Å². The molecule has 0 unspecified atom stereocenters. The highest BCUT2D eigenvalue weighted by Gasteiger charge is 2.06. The molecule has 3 nitrogen and oxygen atoms in total. The molecule has 0 saturated carbocycles. The molecule has 0 bridgehead atoms. The molecule has 0 atom stereocenters. The number of carbonyl (C=O) groups excluding carboxylic acids is 1. The zero-order valence-corrected chi connectivity index (χ0v) is 15.1. The van der Waals surface area contributed by atoms with Gasteiger partial charge in [-0.1, -0.05) is 76.6 Å². The summed E-state index contributed by atoms with van der Waals surface area (Å²) < 4.78 is 11.6. The molecule has 0 aliphatic carbocycles. The minimum atomic E-state index is -0.396. The normalized spacial score (nSPS) is 10.3. The summed E-state index contributed by atoms with van der Waals surface area (Å²) in [5.41, 5.74) is 3.23. The Balaban J connectivity index is 1.49. The Morgan fingerprint density at radius 3 is 2.28 bits per heavy atom. The Hall–Kier alpha value is -2.59. The van der Waals surface area contributed by atoms with Crippen molar-refractivity contribution in [1.82, 2.24) is 0 Å². The first kappa shape index (κ1) is 17.2. The molecule has 3 aromatic rings. The highest BCUT2D eigenvalue weighted by atomic mass is 79.9. The lowest BCUT2D eigenvalue weighted by atomic mass is 10.0. The lowest BCUT2D eigenvalue weighted by Crippen LogP contribution is -2.14. The third-order valence-corrected chi connectivity index (χ3v) is 4.11. The van der Waals surface area contributed by atoms with Crippen LogP contribution in [0, 0.1) is 0 Å². The molecule has 0 aliphatic heterocycles. The topological polar surface area (TPSA) is 35.5 Å². The van der Waals surface area contributed by atoms with Gasteiger partial charge in [0.05, 0.1) is 0 Å². The van der Waals surface area contributed by atoms with Gasteiger partial charge in [-0.05, 0) is 34.9 Å². The number of ether oxygens (including phenoxy) is 2. The fraction of sp³-hybridized carbons (Fsp3) is 0.0952. The van der Waals surface area contributed by atoms with Crippen LogP contribution >= 0.6 is 15.9 Å². The predicted molar refractivity (Wildman–Crippen MR) is 101 cm³/mol. The van der Waals surface area contributed by atoms with E-state index < -0.39 is 5.97 Å². The molecular weight excluding hydrogens is 380 g/mol. The van der Waals surface area contributed by atoms with Gasteiger partial charge in [0, 0.05) is 4.47 Å². The third-order valence-electron chi connectivity index (χ3n) is 3.61. The van der Waals surface area contributed by atoms with Crippen molar-refractivity contribution in [3.8, 4) is 16.9 Å². The van der Waals surface area contributed by atoms with Crippen molar-refractivity contribution in [2.24, 2.45) is 0 Å². The summed E-state index contributed by atoms with van der Waals surface area (Å²) in [7, 11) is 0. The van der Waals surface area contributed by atoms with E-state index in [4.69, 9.17) is 9.47 Å². The number of hydrogen-bond acceptors (Lipinski definition) is 3. The molecule has 4 heteroatoms. The molecule has 0 spiro atoms. The van der Waals surface area contributed by atoms with E-state index in [1.165, 1.54) is 0 Å². The quantitative estimate of drug-likeness (QED) is 0.534. The van der Waals surface area contributed by atoms with E-state index in [2.05, 4.69) is 28.1 Å². The summed E-state index contributed by atoms with van der Waals surface area (Å²) in [4.78, 5) is 11.8. The number of rotatable bonds is 6. The maximum absolute atomic E-state index is 11.8. The van der Waals surface area contributed by atoms with Crippen LogP contribution in [-0.4, -0.2) is 12.6 Å². The van der Waals surface area contributed by atoms with Gasteiger partial charge in [0.15, 0.2) is 6.61 Å². The van der Waals surface area contributed by atoms with Gasteiger partial charge in [-0.2, -0.15) is 0 Å². The summed E-state index contributed by atoms with van der Waals surface area (Å²) >= 11 is 3.36. The van der Waals surface area contributed by atoms with Gasteiger partial charge in [0.1, 0.15) is 12.4 Å². The second-order valence-electron chi connectivity index (χ2n) is 5.47. The first-order valence-electron chi connectivity index (χ1n) is 7.89. The minimum absolute atomic E-state index is 0.113. The molecule has 3 aromatic carbocycles. The van der Waals surface area contributed by atoms with Crippen LogP contribution in [0.3, 0.4) is 0 Å². The van der Waals surface area contributed by atoms with Crippen LogP contribution < -0.4 is 4.74 Å². The molecule has 0 fully saturated rings. The minimum Gasteiger partial charge on any atom is -0.482 e. The Morgan fingerprint density at radius 1 is 0.840 bits per heavy atom. The summed E-state index contributed by atoms with van der Waals surface area (Å²) in [6.45, 7) is 0.119. The Bertz CT molecular complexity index is 829. The Kier molecular flexibility index (Phi) is 5.86. The second-order valence-corrected chi connectivity index (χ2v) is 6.39. The van der Waals surface area contributed by atoms with Crippen LogP contribution in [0.5, 0.6) is 5.75 Å². The van der Waals surface area contributed by atoms with Crippen molar-refractivity contribution in [3.63, 3.8) is 0 Å². The highest BCUT2D eigenvalue weighted by molar-refractivity contribution is 9.10. The van der Waals surface area contributed by atoms with Crippen LogP contribution in [0.1, 0.15) is 5.56 Å². The summed E-state index contributed by atoms with van der Waals surface area (Å²) in [6, 6.07) is 25.4. The smallest absolute Gasteiger partial charge is 0.344 e. The molecule has 0 aromatic heterocycles. The maximum Gasteiger partial charge on any atom is 0.344 e. The van der Waals surface area contributed by atoms with Crippen LogP contribution in [0.2, 0.25) is 0 Å². The van der Waals surface area contributed by atoms with E-state index in [-0.39, 0.29) is 13.2 Å². The molecule has 126 valence electrons. The van der Waals surface area contributed by atoms with Crippen molar-refractivity contribution in [2.45, 2.75) is 6.61 Å². The van der Waals surface area contributed by atoms with Crippen molar-refractivity contribution < 1.29 is 14.3 Å². The Morgan fingerprint density at radius 2 is 1.56 bits per heavy atom. The molecule has 3 rings (SSSR count). The predicted octanol–water partition coefficient (Wildman–Crippen LogP) is 5.24. The second kappa shape index (κ2) is 8.49. The zero-order valence-electron chi connectivity index (χ0n) is 13.5. The number of carbonyl (C=O) groups is 1. The lowest BCUT2D eigenvalue weighted by Gasteiger charge is -2.08. The average molecular weight is 397 g/mol. The number of hydrogen-bond donors (Lipinski definition) is 0. The zero-order chi connectivity index (χ0) is 17.5. The first-order valence-corrected chi connectivity index (χ1v) is 8.68. The van der Waals surface area contributed by atoms with E-state index in [9.17, 15) is 4.79 Å². The van der Waals surface area contributed by atoms with Gasteiger partial charge in [-0.15, -0.1) is 0 Å². The van der Waals surface area contributed by atoms with Crippen LogP contribution in [0.4, 0.5) is 0 Å². The van der Waals surface area contributed by atoms with Gasteiger partial charge in [0.25, 0.3) is 0 Å². The van der Waals surface area contributed by atoms with Crippen LogP contribution in [0.25, 0.3) is 11.1 Å². The SMILES string of the molecule is O=C(COc1cccc(Br)c1)OCc1ccc(-c2ccccc2)cc1. The van der Waals surface area contributed by atoms with Gasteiger partial charge in [-0.25, -0.2) is 4.79 Å². The molecule has 0 heterocycles. The van der Waals surface area contributed by atoms with E-state index in [0.29, 0.717) is 5.75 Å². The van der Waals surface area contributed by atoms with Gasteiger partial charge >= 0.3 is 5.97 Å². The van der Waals surface area contributed by atoms with Crippen LogP contribution in [-0.2, 0) is 16.1 Å². The van der Waals surface area contributed by atoms with E-state index in [1.54, 1.807) is 12.1 Å². The Labute approximate surface area is 155 Å². The van der Waals surface area contributed by atoms with Crippen LogP contribution in [0.15, 0.2) is 83.3 Å². The average Bonchev–Trinajstić information content (AvgIpc) is 2.66. The highest BCUT2D eigenvalue weighted by Crippen LogP contribution is 2.20. The molecule has 0 saturated heterocycles. The summed E-state index contributed by atoms with van der Waals surface area (Å²) in [6.07, 6.45) is 0. The fourth-order valence-corrected chi connectivity index (χ4v) is 2.71. The molecule has 25 heavy (non-hydrogen) atoms. The van der Waals surface area contributed by atoms with Crippen molar-refractivity contribution in [1.29, 1.82) is 0 Å². The number of benzene rings is 3. The molecule has 0 N–H and O–H groups in total. The monoisotopic (exact) mass is 396 g/mol. The van der Waals surface area contributed by atoms with Gasteiger partial charge < -0.3 is 9.47 Å². The lowest BCUT2D eigenvalue weighted by molar-refractivity contribution is -0.147.